The summed E-state index contributed by atoms with van der Waals surface area (Å²) >= 11 is 3.94. The molecule has 2 aliphatic heterocycles. The van der Waals surface area contributed by atoms with Crippen molar-refractivity contribution in [3.05, 3.63) is 40.1 Å². The first-order valence-corrected chi connectivity index (χ1v) is 16.3. The van der Waals surface area contributed by atoms with Crippen molar-refractivity contribution in [3.63, 3.8) is 0 Å². The third-order valence-corrected chi connectivity index (χ3v) is 11.6. The minimum atomic E-state index is -4.68. The van der Waals surface area contributed by atoms with Gasteiger partial charge in [0.05, 0.1) is 17.1 Å². The van der Waals surface area contributed by atoms with E-state index in [4.69, 9.17) is 5.73 Å². The standard InChI is InChI=1S/C28H27F3N6O2S3/c1-4-19(38)36-12(2)8-35(9-13(36)3)24-15-7-17(28(29,30)31)20(16-10-41-25-21(16)33-26(32)42-25)23-22(15)37(27(39)34-24)18(11-40-23)14-5-6-14/h4,7,10,12-14,18H,1,5-6,8-9,11H2,2-3H3,(H2,32,33)/t12-,13+,18?. The monoisotopic (exact) mass is 632 g/mol. The van der Waals surface area contributed by atoms with E-state index in [2.05, 4.69) is 16.5 Å². The number of rotatable bonds is 4. The summed E-state index contributed by atoms with van der Waals surface area (Å²) in [6.45, 7) is 7.98. The van der Waals surface area contributed by atoms with Crippen molar-refractivity contribution in [2.45, 2.75) is 55.9 Å². The summed E-state index contributed by atoms with van der Waals surface area (Å²) in [6, 6.07) is 0.490. The summed E-state index contributed by atoms with van der Waals surface area (Å²) in [5, 5.41) is 2.30. The number of thioether (sulfide) groups is 1. The van der Waals surface area contributed by atoms with Crippen molar-refractivity contribution in [1.29, 1.82) is 0 Å². The van der Waals surface area contributed by atoms with E-state index >= 15 is 0 Å². The average molecular weight is 633 g/mol. The van der Waals surface area contributed by atoms with Gasteiger partial charge in [-0.3, -0.25) is 9.36 Å². The van der Waals surface area contributed by atoms with Gasteiger partial charge in [-0.15, -0.1) is 23.1 Å². The number of hydrogen-bond acceptors (Lipinski definition) is 9. The second kappa shape index (κ2) is 9.71. The molecule has 2 N–H and O–H groups in total. The van der Waals surface area contributed by atoms with E-state index in [1.54, 1.807) is 14.8 Å². The van der Waals surface area contributed by atoms with Gasteiger partial charge in [-0.2, -0.15) is 18.2 Å². The van der Waals surface area contributed by atoms with Crippen LogP contribution in [-0.2, 0) is 11.0 Å². The Hall–Kier alpha value is -3.10. The topological polar surface area (TPSA) is 97.4 Å². The van der Waals surface area contributed by atoms with Crippen LogP contribution in [0.1, 0.15) is 38.3 Å². The highest BCUT2D eigenvalue weighted by Crippen LogP contribution is 2.54. The molecule has 7 rings (SSSR count). The molecule has 3 aromatic heterocycles. The van der Waals surface area contributed by atoms with Crippen LogP contribution in [0, 0.1) is 5.92 Å². The molecular weight excluding hydrogens is 606 g/mol. The first-order chi connectivity index (χ1) is 20.0. The predicted molar refractivity (Wildman–Crippen MR) is 163 cm³/mol. The fraction of sp³-hybridized carbons (Fsp3) is 0.429. The van der Waals surface area contributed by atoms with E-state index in [9.17, 15) is 22.8 Å². The lowest BCUT2D eigenvalue weighted by Crippen LogP contribution is -2.58. The Balaban J connectivity index is 1.52. The predicted octanol–water partition coefficient (Wildman–Crippen LogP) is 6.00. The second-order valence-corrected chi connectivity index (χ2v) is 14.4. The van der Waals surface area contributed by atoms with Gasteiger partial charge in [-0.1, -0.05) is 17.9 Å². The van der Waals surface area contributed by atoms with Crippen LogP contribution in [0.5, 0.6) is 0 Å². The number of halogens is 3. The number of piperazine rings is 1. The van der Waals surface area contributed by atoms with E-state index in [0.717, 1.165) is 22.9 Å². The highest BCUT2D eigenvalue weighted by Gasteiger charge is 2.43. The molecule has 220 valence electrons. The van der Waals surface area contributed by atoms with Crippen molar-refractivity contribution in [3.8, 4) is 11.1 Å². The summed E-state index contributed by atoms with van der Waals surface area (Å²) in [5.41, 5.74) is 6.05. The maximum absolute atomic E-state index is 15.0. The molecule has 3 aliphatic rings. The molecule has 0 radical (unpaired) electrons. The summed E-state index contributed by atoms with van der Waals surface area (Å²) in [7, 11) is 0. The lowest BCUT2D eigenvalue weighted by molar-refractivity contribution is -0.137. The van der Waals surface area contributed by atoms with E-state index < -0.39 is 17.4 Å². The molecule has 2 fully saturated rings. The van der Waals surface area contributed by atoms with Gasteiger partial charge in [0, 0.05) is 57.7 Å². The van der Waals surface area contributed by atoms with Crippen LogP contribution in [-0.4, -0.2) is 56.3 Å². The minimum absolute atomic E-state index is 0.0410. The molecule has 1 saturated heterocycles. The molecule has 1 aromatic carbocycles. The zero-order chi connectivity index (χ0) is 29.7. The number of alkyl halides is 3. The molecule has 1 amide bonds. The van der Waals surface area contributed by atoms with E-state index in [0.29, 0.717) is 56.8 Å². The molecule has 1 unspecified atom stereocenters. The van der Waals surface area contributed by atoms with E-state index in [-0.39, 0.29) is 35.4 Å². The number of amides is 1. The van der Waals surface area contributed by atoms with Crippen LogP contribution in [0.4, 0.5) is 24.1 Å². The summed E-state index contributed by atoms with van der Waals surface area (Å²) < 4.78 is 47.3. The van der Waals surface area contributed by atoms with Gasteiger partial charge >= 0.3 is 11.9 Å². The number of carbonyl (C=O) groups is 1. The van der Waals surface area contributed by atoms with E-state index in [1.165, 1.54) is 40.5 Å². The number of hydrogen-bond donors (Lipinski definition) is 1. The normalized spacial score (nSPS) is 22.7. The molecular formula is C28H27F3N6O2S3. The number of anilines is 2. The Kier molecular flexibility index (Phi) is 6.41. The number of nitrogens with two attached hydrogens (primary N) is 1. The minimum Gasteiger partial charge on any atom is -0.375 e. The maximum Gasteiger partial charge on any atom is 0.417 e. The van der Waals surface area contributed by atoms with Crippen LogP contribution in [0.25, 0.3) is 31.6 Å². The van der Waals surface area contributed by atoms with Crippen LogP contribution >= 0.6 is 34.4 Å². The van der Waals surface area contributed by atoms with Crippen molar-refractivity contribution >= 4 is 71.7 Å². The van der Waals surface area contributed by atoms with Gasteiger partial charge < -0.3 is 15.5 Å². The van der Waals surface area contributed by atoms with Gasteiger partial charge in [0.15, 0.2) is 5.13 Å². The Morgan fingerprint density at radius 2 is 1.90 bits per heavy atom. The van der Waals surface area contributed by atoms with Crippen molar-refractivity contribution < 1.29 is 18.0 Å². The van der Waals surface area contributed by atoms with Gasteiger partial charge in [-0.25, -0.2) is 9.78 Å². The molecule has 14 heteroatoms. The summed E-state index contributed by atoms with van der Waals surface area (Å²) in [4.78, 5) is 39.2. The fourth-order valence-corrected chi connectivity index (χ4v) is 9.92. The molecule has 1 saturated carbocycles. The van der Waals surface area contributed by atoms with Crippen molar-refractivity contribution in [2.24, 2.45) is 5.92 Å². The van der Waals surface area contributed by atoms with Gasteiger partial charge in [0.1, 0.15) is 15.3 Å². The van der Waals surface area contributed by atoms with Crippen LogP contribution in [0.15, 0.2) is 33.8 Å². The SMILES string of the molecule is C=CC(=O)N1[C@H](C)CN(c2nc(=O)n3c4c(c(-c5csc6sc(N)nc56)c(C(F)(F)F)cc24)SCC3C2CC2)C[C@@H]1C. The number of benzene rings is 1. The van der Waals surface area contributed by atoms with Crippen LogP contribution in [0.3, 0.4) is 0 Å². The lowest BCUT2D eigenvalue weighted by atomic mass is 9.96. The number of nitrogens with zero attached hydrogens (tertiary/aromatic N) is 5. The van der Waals surface area contributed by atoms with Crippen LogP contribution in [0.2, 0.25) is 0 Å². The summed E-state index contributed by atoms with van der Waals surface area (Å²) in [5.74, 6) is 0.797. The Morgan fingerprint density at radius 1 is 1.19 bits per heavy atom. The van der Waals surface area contributed by atoms with Gasteiger partial charge in [0.25, 0.3) is 0 Å². The molecule has 3 atom stereocenters. The molecule has 4 aromatic rings. The number of thiophene rings is 1. The number of aromatic nitrogens is 3. The number of thiazole rings is 1. The van der Waals surface area contributed by atoms with Gasteiger partial charge in [-0.05, 0) is 44.7 Å². The number of carbonyl (C=O) groups excluding carboxylic acids is 1. The zero-order valence-corrected chi connectivity index (χ0v) is 25.2. The average Bonchev–Trinajstić information content (AvgIpc) is 3.61. The highest BCUT2D eigenvalue weighted by atomic mass is 32.2. The Morgan fingerprint density at radius 3 is 2.55 bits per heavy atom. The molecule has 42 heavy (non-hydrogen) atoms. The molecule has 5 heterocycles. The molecule has 0 bridgehead atoms. The third-order valence-electron chi connectivity index (χ3n) is 8.41. The zero-order valence-electron chi connectivity index (χ0n) is 22.8. The molecule has 8 nitrogen and oxygen atoms in total. The first-order valence-electron chi connectivity index (χ1n) is 13.6. The maximum atomic E-state index is 15.0. The third kappa shape index (κ3) is 4.24. The quantitative estimate of drug-likeness (QED) is 0.276. The van der Waals surface area contributed by atoms with E-state index in [1.807, 2.05) is 18.7 Å². The van der Waals surface area contributed by atoms with Crippen LogP contribution < -0.4 is 16.3 Å². The number of nitrogen functional groups attached to an aromatic ring is 1. The molecule has 0 spiro atoms. The lowest BCUT2D eigenvalue weighted by Gasteiger charge is -2.45. The molecule has 1 aliphatic carbocycles. The smallest absolute Gasteiger partial charge is 0.375 e. The Labute approximate surface area is 251 Å². The summed E-state index contributed by atoms with van der Waals surface area (Å²) in [6.07, 6.45) is -1.47. The fourth-order valence-electron chi connectivity index (χ4n) is 6.56. The highest BCUT2D eigenvalue weighted by molar-refractivity contribution is 7.99. The Bertz CT molecular complexity index is 1830. The second-order valence-electron chi connectivity index (χ2n) is 11.2. The van der Waals surface area contributed by atoms with Gasteiger partial charge in [0.2, 0.25) is 5.91 Å². The largest absolute Gasteiger partial charge is 0.417 e. The first kappa shape index (κ1) is 27.7. The van der Waals surface area contributed by atoms with Crippen molar-refractivity contribution in [1.82, 2.24) is 19.4 Å². The number of fused-ring (bicyclic) bond motifs is 1. The van der Waals surface area contributed by atoms with Crippen molar-refractivity contribution in [2.75, 3.05) is 29.5 Å².